The molecule has 2 aromatic carbocycles. The van der Waals surface area contributed by atoms with E-state index in [1.165, 1.54) is 0 Å². The lowest BCUT2D eigenvalue weighted by Gasteiger charge is -2.41. The van der Waals surface area contributed by atoms with Gasteiger partial charge < -0.3 is 14.4 Å². The van der Waals surface area contributed by atoms with E-state index in [-0.39, 0.29) is 11.4 Å². The number of imidazole rings is 1. The van der Waals surface area contributed by atoms with Gasteiger partial charge in [-0.25, -0.2) is 9.37 Å². The molecule has 148 valence electrons. The van der Waals surface area contributed by atoms with E-state index < -0.39 is 5.60 Å². The number of fused-ring (bicyclic) bond motifs is 1. The van der Waals surface area contributed by atoms with Crippen LogP contribution >= 0.6 is 0 Å². The lowest BCUT2D eigenvalue weighted by Crippen LogP contribution is -2.49. The summed E-state index contributed by atoms with van der Waals surface area (Å²) in [5, 5.41) is 10.5. The van der Waals surface area contributed by atoms with Crippen molar-refractivity contribution in [1.82, 2.24) is 9.55 Å². The van der Waals surface area contributed by atoms with E-state index in [0.29, 0.717) is 30.2 Å². The predicted octanol–water partition coefficient (Wildman–Crippen LogP) is 4.74. The van der Waals surface area contributed by atoms with Crippen LogP contribution in [0.1, 0.15) is 43.0 Å². The van der Waals surface area contributed by atoms with Crippen molar-refractivity contribution in [3.05, 3.63) is 52.3 Å². The minimum atomic E-state index is -0.969. The van der Waals surface area contributed by atoms with E-state index in [9.17, 15) is 5.11 Å². The molecule has 1 fully saturated rings. The Balaban J connectivity index is 2.06. The van der Waals surface area contributed by atoms with E-state index in [4.69, 9.17) is 9.72 Å². The van der Waals surface area contributed by atoms with E-state index in [0.717, 1.165) is 27.7 Å². The quantitative estimate of drug-likeness (QED) is 0.712. The lowest BCUT2D eigenvalue weighted by atomic mass is 9.95. The largest absolute Gasteiger partial charge is 0.386 e. The Bertz CT molecular complexity index is 1090. The Morgan fingerprint density at radius 2 is 1.82 bits per heavy atom. The first kappa shape index (κ1) is 19.1. The average Bonchev–Trinajstić information content (AvgIpc) is 2.99. The number of nitrogens with zero attached hydrogens (tertiary/aromatic N) is 2. The van der Waals surface area contributed by atoms with Crippen LogP contribution in [0.3, 0.4) is 0 Å². The second-order valence-corrected chi connectivity index (χ2v) is 8.83. The Labute approximate surface area is 165 Å². The molecule has 1 aliphatic rings. The van der Waals surface area contributed by atoms with Crippen LogP contribution in [-0.4, -0.2) is 27.9 Å². The number of benzene rings is 2. The molecule has 3 aromatic rings. The third kappa shape index (κ3) is 2.76. The zero-order valence-corrected chi connectivity index (χ0v) is 17.4. The summed E-state index contributed by atoms with van der Waals surface area (Å²) < 4.78 is 22.9. The summed E-state index contributed by atoms with van der Waals surface area (Å²) in [5.41, 5.74) is 4.36. The van der Waals surface area contributed by atoms with Crippen LogP contribution in [0.2, 0.25) is 0 Å². The van der Waals surface area contributed by atoms with Gasteiger partial charge in [0.05, 0.1) is 41.0 Å². The van der Waals surface area contributed by atoms with E-state index in [1.807, 2.05) is 45.0 Å². The van der Waals surface area contributed by atoms with Gasteiger partial charge in [-0.1, -0.05) is 6.07 Å². The van der Waals surface area contributed by atoms with Gasteiger partial charge in [0.1, 0.15) is 11.6 Å². The summed E-state index contributed by atoms with van der Waals surface area (Å²) in [4.78, 5) is 4.81. The van der Waals surface area contributed by atoms with Gasteiger partial charge in [-0.2, -0.15) is 0 Å². The van der Waals surface area contributed by atoms with Crippen molar-refractivity contribution in [3.8, 4) is 11.4 Å². The average molecular weight is 382 g/mol. The summed E-state index contributed by atoms with van der Waals surface area (Å²) in [6.45, 7) is 12.5. The topological polar surface area (TPSA) is 47.3 Å². The fourth-order valence-electron chi connectivity index (χ4n) is 3.92. The maximum absolute atomic E-state index is 15.3. The fourth-order valence-corrected chi connectivity index (χ4v) is 3.92. The molecule has 0 bridgehead atoms. The van der Waals surface area contributed by atoms with Crippen LogP contribution in [0.25, 0.3) is 22.4 Å². The highest BCUT2D eigenvalue weighted by atomic mass is 19.1. The van der Waals surface area contributed by atoms with Crippen molar-refractivity contribution in [2.45, 2.75) is 52.7 Å². The van der Waals surface area contributed by atoms with Crippen LogP contribution in [0, 0.1) is 26.6 Å². The second kappa shape index (κ2) is 6.13. The monoisotopic (exact) mass is 382 g/mol. The maximum atomic E-state index is 15.3. The molecule has 0 amide bonds. The Morgan fingerprint density at radius 1 is 1.14 bits per heavy atom. The molecule has 0 aliphatic carbocycles. The highest BCUT2D eigenvalue weighted by molar-refractivity contribution is 5.82. The predicted molar refractivity (Wildman–Crippen MR) is 109 cm³/mol. The standard InChI is InChI=1S/C23H27FN2O2/c1-13-9-17(20(24)15(3)14(13)2)21-25-18-8-7-16(22(4,5)27)10-19(18)26(21)23(6)11-28-12-23/h7-10,27H,11-12H2,1-6H3. The first-order valence-corrected chi connectivity index (χ1v) is 9.63. The zero-order chi connectivity index (χ0) is 20.4. The molecule has 1 saturated heterocycles. The number of rotatable bonds is 3. The molecule has 1 aromatic heterocycles. The second-order valence-electron chi connectivity index (χ2n) is 8.83. The van der Waals surface area contributed by atoms with Gasteiger partial charge in [0.2, 0.25) is 0 Å². The van der Waals surface area contributed by atoms with Gasteiger partial charge in [-0.05, 0) is 82.0 Å². The van der Waals surface area contributed by atoms with Crippen LogP contribution in [0.4, 0.5) is 4.39 Å². The lowest BCUT2D eigenvalue weighted by molar-refractivity contribution is -0.0868. The van der Waals surface area contributed by atoms with E-state index in [2.05, 4.69) is 11.5 Å². The van der Waals surface area contributed by atoms with Gasteiger partial charge in [-0.3, -0.25) is 0 Å². The summed E-state index contributed by atoms with van der Waals surface area (Å²) in [6.07, 6.45) is 0. The molecule has 0 unspecified atom stereocenters. The highest BCUT2D eigenvalue weighted by Gasteiger charge is 2.39. The van der Waals surface area contributed by atoms with Gasteiger partial charge >= 0.3 is 0 Å². The summed E-state index contributed by atoms with van der Waals surface area (Å²) in [7, 11) is 0. The number of aliphatic hydroxyl groups is 1. The smallest absolute Gasteiger partial charge is 0.144 e. The van der Waals surface area contributed by atoms with Crippen LogP contribution in [-0.2, 0) is 15.9 Å². The molecule has 0 saturated carbocycles. The molecular weight excluding hydrogens is 355 g/mol. The molecule has 0 atom stereocenters. The van der Waals surface area contributed by atoms with E-state index in [1.54, 1.807) is 13.8 Å². The summed E-state index contributed by atoms with van der Waals surface area (Å²) in [5.74, 6) is 0.378. The minimum Gasteiger partial charge on any atom is -0.386 e. The van der Waals surface area contributed by atoms with Crippen LogP contribution in [0.5, 0.6) is 0 Å². The molecule has 0 radical (unpaired) electrons. The molecule has 0 spiro atoms. The first-order chi connectivity index (χ1) is 13.0. The molecule has 1 aliphatic heterocycles. The molecular formula is C23H27FN2O2. The molecule has 28 heavy (non-hydrogen) atoms. The Kier molecular flexibility index (Phi) is 4.18. The number of ether oxygens (including phenoxy) is 1. The van der Waals surface area contributed by atoms with Crippen molar-refractivity contribution in [3.63, 3.8) is 0 Å². The van der Waals surface area contributed by atoms with Crippen LogP contribution in [0.15, 0.2) is 24.3 Å². The number of halogens is 1. The van der Waals surface area contributed by atoms with Crippen molar-refractivity contribution >= 4 is 11.0 Å². The molecule has 5 heteroatoms. The normalized spacial score (nSPS) is 16.4. The summed E-state index contributed by atoms with van der Waals surface area (Å²) in [6, 6.07) is 7.62. The number of hydrogen-bond acceptors (Lipinski definition) is 3. The third-order valence-electron chi connectivity index (χ3n) is 6.05. The Morgan fingerprint density at radius 3 is 2.39 bits per heavy atom. The van der Waals surface area contributed by atoms with Gasteiger partial charge in [0.25, 0.3) is 0 Å². The first-order valence-electron chi connectivity index (χ1n) is 9.63. The Hall–Kier alpha value is -2.24. The molecule has 4 nitrogen and oxygen atoms in total. The minimum absolute atomic E-state index is 0.230. The van der Waals surface area contributed by atoms with Gasteiger partial charge in [-0.15, -0.1) is 0 Å². The number of hydrogen-bond donors (Lipinski definition) is 1. The van der Waals surface area contributed by atoms with Crippen molar-refractivity contribution in [2.75, 3.05) is 13.2 Å². The van der Waals surface area contributed by atoms with Crippen LogP contribution < -0.4 is 0 Å². The molecule has 2 heterocycles. The SMILES string of the molecule is Cc1cc(-c2nc3ccc(C(C)(C)O)cc3n2C2(C)COC2)c(F)c(C)c1C. The van der Waals surface area contributed by atoms with Gasteiger partial charge in [0, 0.05) is 0 Å². The fraction of sp³-hybridized carbons (Fsp3) is 0.435. The van der Waals surface area contributed by atoms with Crippen molar-refractivity contribution in [2.24, 2.45) is 0 Å². The van der Waals surface area contributed by atoms with E-state index >= 15 is 4.39 Å². The highest BCUT2D eigenvalue weighted by Crippen LogP contribution is 2.39. The number of aromatic nitrogens is 2. The van der Waals surface area contributed by atoms with Crippen molar-refractivity contribution < 1.29 is 14.2 Å². The zero-order valence-electron chi connectivity index (χ0n) is 17.4. The molecule has 4 rings (SSSR count). The summed E-state index contributed by atoms with van der Waals surface area (Å²) >= 11 is 0. The van der Waals surface area contributed by atoms with Gasteiger partial charge in [0.15, 0.2) is 0 Å². The molecule has 1 N–H and O–H groups in total. The van der Waals surface area contributed by atoms with Crippen molar-refractivity contribution in [1.29, 1.82) is 0 Å². The maximum Gasteiger partial charge on any atom is 0.144 e. The third-order valence-corrected chi connectivity index (χ3v) is 6.05. The number of aryl methyl sites for hydroxylation is 1.